The summed E-state index contributed by atoms with van der Waals surface area (Å²) in [7, 11) is 1.98. The van der Waals surface area contributed by atoms with Crippen LogP contribution in [0.4, 0.5) is 0 Å². The summed E-state index contributed by atoms with van der Waals surface area (Å²) in [6.07, 6.45) is 1.52. The third-order valence-electron chi connectivity index (χ3n) is 5.66. The highest BCUT2D eigenvalue weighted by Crippen LogP contribution is 2.19. The number of aromatic nitrogens is 4. The van der Waals surface area contributed by atoms with Crippen LogP contribution in [0.3, 0.4) is 0 Å². The van der Waals surface area contributed by atoms with Crippen LogP contribution in [0.15, 0.2) is 72.8 Å². The Morgan fingerprint density at radius 1 is 0.970 bits per heavy atom. The first-order chi connectivity index (χ1) is 16.2. The molecular weight excluding hydrogens is 414 g/mol. The lowest BCUT2D eigenvalue weighted by atomic mass is 10.2. The Labute approximate surface area is 191 Å². The summed E-state index contributed by atoms with van der Waals surface area (Å²) in [5.41, 5.74) is 4.43. The maximum Gasteiger partial charge on any atom is 0.251 e. The Hall–Kier alpha value is -4.13. The zero-order valence-corrected chi connectivity index (χ0v) is 18.4. The number of carbonyl (C=O) groups is 1. The first-order valence-electron chi connectivity index (χ1n) is 11.0. The van der Waals surface area contributed by atoms with Gasteiger partial charge in [0.15, 0.2) is 0 Å². The van der Waals surface area contributed by atoms with E-state index in [2.05, 4.69) is 15.3 Å². The van der Waals surface area contributed by atoms with E-state index < -0.39 is 0 Å². The fourth-order valence-corrected chi connectivity index (χ4v) is 3.91. The van der Waals surface area contributed by atoms with Crippen molar-refractivity contribution in [3.8, 4) is 5.75 Å². The molecule has 0 atom stereocenters. The maximum atomic E-state index is 12.6. The van der Waals surface area contributed by atoms with Crippen LogP contribution in [0.5, 0.6) is 5.75 Å². The number of imidazole rings is 2. The maximum absolute atomic E-state index is 12.6. The second-order valence-corrected chi connectivity index (χ2v) is 7.91. The highest BCUT2D eigenvalue weighted by molar-refractivity contribution is 5.97. The van der Waals surface area contributed by atoms with Crippen LogP contribution < -0.4 is 10.1 Å². The minimum absolute atomic E-state index is 0.126. The predicted octanol–water partition coefficient (Wildman–Crippen LogP) is 4.04. The quantitative estimate of drug-likeness (QED) is 0.357. The molecule has 0 radical (unpaired) electrons. The minimum Gasteiger partial charge on any atom is -0.492 e. The van der Waals surface area contributed by atoms with Gasteiger partial charge in [0.25, 0.3) is 5.91 Å². The highest BCUT2D eigenvalue weighted by Gasteiger charge is 2.13. The summed E-state index contributed by atoms with van der Waals surface area (Å²) in [6, 6.07) is 23.2. The molecule has 0 saturated carbocycles. The summed E-state index contributed by atoms with van der Waals surface area (Å²) < 4.78 is 7.68. The Kier molecular flexibility index (Phi) is 5.76. The molecule has 5 rings (SSSR count). The van der Waals surface area contributed by atoms with E-state index in [0.717, 1.165) is 52.3 Å². The average Bonchev–Trinajstić information content (AvgIpc) is 3.41. The van der Waals surface area contributed by atoms with Crippen molar-refractivity contribution >= 4 is 28.0 Å². The summed E-state index contributed by atoms with van der Waals surface area (Å²) in [5, 5.41) is 2.91. The van der Waals surface area contributed by atoms with E-state index in [1.807, 2.05) is 84.4 Å². The number of aromatic amines is 1. The molecule has 2 aromatic heterocycles. The van der Waals surface area contributed by atoms with Gasteiger partial charge in [-0.25, -0.2) is 9.97 Å². The lowest BCUT2D eigenvalue weighted by Crippen LogP contribution is -2.28. The van der Waals surface area contributed by atoms with Crippen molar-refractivity contribution in [2.45, 2.75) is 12.8 Å². The summed E-state index contributed by atoms with van der Waals surface area (Å²) >= 11 is 0. The van der Waals surface area contributed by atoms with Crippen LogP contribution in [-0.2, 0) is 19.9 Å². The molecule has 33 heavy (non-hydrogen) atoms. The van der Waals surface area contributed by atoms with Gasteiger partial charge in [0.1, 0.15) is 24.0 Å². The predicted molar refractivity (Wildman–Crippen MR) is 128 cm³/mol. The van der Waals surface area contributed by atoms with E-state index in [9.17, 15) is 4.79 Å². The monoisotopic (exact) mass is 439 g/mol. The van der Waals surface area contributed by atoms with Gasteiger partial charge in [-0.2, -0.15) is 0 Å². The summed E-state index contributed by atoms with van der Waals surface area (Å²) in [4.78, 5) is 25.4. The van der Waals surface area contributed by atoms with Gasteiger partial charge in [0, 0.05) is 25.5 Å². The summed E-state index contributed by atoms with van der Waals surface area (Å²) in [5.74, 6) is 2.57. The Morgan fingerprint density at radius 3 is 2.64 bits per heavy atom. The van der Waals surface area contributed by atoms with Gasteiger partial charge in [-0.3, -0.25) is 4.79 Å². The molecule has 0 saturated heterocycles. The number of nitrogens with one attached hydrogen (secondary N) is 2. The number of aryl methyl sites for hydroxylation is 3. The molecule has 7 nitrogen and oxygen atoms in total. The number of H-pyrrole nitrogens is 1. The molecule has 0 unspecified atom stereocenters. The van der Waals surface area contributed by atoms with Crippen molar-refractivity contribution in [2.24, 2.45) is 7.05 Å². The van der Waals surface area contributed by atoms with E-state index in [0.29, 0.717) is 18.7 Å². The van der Waals surface area contributed by atoms with Gasteiger partial charge in [-0.15, -0.1) is 0 Å². The van der Waals surface area contributed by atoms with Gasteiger partial charge in [0.2, 0.25) is 0 Å². The van der Waals surface area contributed by atoms with Crippen LogP contribution in [0.2, 0.25) is 0 Å². The molecule has 5 aromatic rings. The van der Waals surface area contributed by atoms with E-state index in [1.54, 1.807) is 0 Å². The number of para-hydroxylation sites is 3. The molecule has 0 spiro atoms. The molecule has 0 aliphatic carbocycles. The van der Waals surface area contributed by atoms with Crippen molar-refractivity contribution in [3.63, 3.8) is 0 Å². The number of carbonyl (C=O) groups excluding carboxylic acids is 1. The second-order valence-electron chi connectivity index (χ2n) is 7.91. The number of hydrogen-bond acceptors (Lipinski definition) is 4. The van der Waals surface area contributed by atoms with Crippen molar-refractivity contribution in [1.29, 1.82) is 0 Å². The van der Waals surface area contributed by atoms with Crippen molar-refractivity contribution in [1.82, 2.24) is 24.8 Å². The fourth-order valence-electron chi connectivity index (χ4n) is 3.91. The number of hydrogen-bond donors (Lipinski definition) is 2. The van der Waals surface area contributed by atoms with E-state index in [1.165, 1.54) is 0 Å². The normalized spacial score (nSPS) is 11.2. The van der Waals surface area contributed by atoms with E-state index >= 15 is 0 Å². The number of fused-ring (bicyclic) bond motifs is 2. The fraction of sp³-hybridized carbons (Fsp3) is 0.192. The van der Waals surface area contributed by atoms with Crippen LogP contribution >= 0.6 is 0 Å². The third kappa shape index (κ3) is 4.57. The minimum atomic E-state index is -0.126. The van der Waals surface area contributed by atoms with Gasteiger partial charge in [0.05, 0.1) is 28.6 Å². The zero-order chi connectivity index (χ0) is 22.6. The molecule has 2 N–H and O–H groups in total. The molecule has 7 heteroatoms. The van der Waals surface area contributed by atoms with Crippen molar-refractivity contribution < 1.29 is 9.53 Å². The van der Waals surface area contributed by atoms with E-state index in [-0.39, 0.29) is 5.91 Å². The molecule has 3 aromatic carbocycles. The highest BCUT2D eigenvalue weighted by atomic mass is 16.5. The molecule has 0 aliphatic rings. The average molecular weight is 440 g/mol. The van der Waals surface area contributed by atoms with Crippen molar-refractivity contribution in [2.75, 3.05) is 13.2 Å². The number of rotatable bonds is 8. The lowest BCUT2D eigenvalue weighted by Gasteiger charge is -2.08. The van der Waals surface area contributed by atoms with Crippen molar-refractivity contribution in [3.05, 3.63) is 90.0 Å². The summed E-state index contributed by atoms with van der Waals surface area (Å²) in [6.45, 7) is 0.843. The van der Waals surface area contributed by atoms with Crippen LogP contribution in [0.1, 0.15) is 22.0 Å². The van der Waals surface area contributed by atoms with Crippen LogP contribution in [-0.4, -0.2) is 38.6 Å². The lowest BCUT2D eigenvalue weighted by molar-refractivity contribution is 0.0947. The van der Waals surface area contributed by atoms with Gasteiger partial charge in [-0.05, 0) is 42.5 Å². The van der Waals surface area contributed by atoms with Gasteiger partial charge >= 0.3 is 0 Å². The number of nitrogens with zero attached hydrogens (tertiary/aromatic N) is 3. The first kappa shape index (κ1) is 20.8. The largest absolute Gasteiger partial charge is 0.492 e. The second kappa shape index (κ2) is 9.16. The number of amides is 1. The Bertz CT molecular complexity index is 1370. The molecular formula is C26H25N5O2. The smallest absolute Gasteiger partial charge is 0.251 e. The molecule has 166 valence electrons. The Morgan fingerprint density at radius 2 is 1.79 bits per heavy atom. The number of ether oxygens (including phenoxy) is 1. The standard InChI is InChI=1S/C26H25N5O2/c1-31-23-17-18(26(32)27-15-16-33-19-7-3-2-4-8-19)11-12-22(23)30-25(31)14-13-24-28-20-9-5-6-10-21(20)29-24/h2-12,17H,13-16H2,1H3,(H,27,32)(H,28,29). The molecule has 0 bridgehead atoms. The molecule has 2 heterocycles. The first-order valence-corrected chi connectivity index (χ1v) is 11.0. The van der Waals surface area contributed by atoms with E-state index in [4.69, 9.17) is 9.72 Å². The van der Waals surface area contributed by atoms with Crippen LogP contribution in [0.25, 0.3) is 22.1 Å². The van der Waals surface area contributed by atoms with Crippen LogP contribution in [0, 0.1) is 0 Å². The Balaban J connectivity index is 1.22. The van der Waals surface area contributed by atoms with Gasteiger partial charge < -0.3 is 19.6 Å². The number of benzene rings is 3. The van der Waals surface area contributed by atoms with Gasteiger partial charge in [-0.1, -0.05) is 30.3 Å². The topological polar surface area (TPSA) is 84.8 Å². The third-order valence-corrected chi connectivity index (χ3v) is 5.66. The SMILES string of the molecule is Cn1c(CCc2nc3ccccc3[nH]2)nc2ccc(C(=O)NCCOc3ccccc3)cc21. The zero-order valence-electron chi connectivity index (χ0n) is 18.4. The molecule has 0 aliphatic heterocycles. The molecule has 0 fully saturated rings. The molecule has 1 amide bonds.